The molecule has 0 saturated carbocycles. The summed E-state index contributed by atoms with van der Waals surface area (Å²) in [6.07, 6.45) is -1.13. The number of nitrogens with one attached hydrogen (secondary N) is 1. The number of halogens is 3. The number of hydrogen-bond donors (Lipinski definition) is 1. The number of benzene rings is 1. The second-order valence-electron chi connectivity index (χ2n) is 3.42. The average Bonchev–Trinajstić information content (AvgIpc) is 2.26. The molecule has 0 spiro atoms. The number of fused-ring (bicyclic) bond motifs is 1. The Hall–Kier alpha value is -1.78. The molecule has 1 aliphatic heterocycles. The van der Waals surface area contributed by atoms with E-state index in [1.807, 2.05) is 0 Å². The van der Waals surface area contributed by atoms with Crippen LogP contribution in [0, 0.1) is 0 Å². The average molecular weight is 227 g/mol. The van der Waals surface area contributed by atoms with Crippen LogP contribution < -0.4 is 5.32 Å². The summed E-state index contributed by atoms with van der Waals surface area (Å²) in [7, 11) is 0. The van der Waals surface area contributed by atoms with Crippen molar-refractivity contribution in [3.63, 3.8) is 0 Å². The number of carbonyl (C=O) groups excluding carboxylic acids is 1. The van der Waals surface area contributed by atoms with Crippen molar-refractivity contribution in [2.45, 2.75) is 12.2 Å². The quantitative estimate of drug-likeness (QED) is 0.747. The molecule has 0 aromatic heterocycles. The van der Waals surface area contributed by atoms with Gasteiger partial charge >= 0.3 is 6.18 Å². The Morgan fingerprint density at radius 2 is 2.06 bits per heavy atom. The minimum atomic E-state index is -4.40. The Morgan fingerprint density at radius 1 is 1.31 bits per heavy atom. The first-order chi connectivity index (χ1) is 7.54. The van der Waals surface area contributed by atoms with E-state index in [0.717, 1.165) is 6.07 Å². The van der Waals surface area contributed by atoms with Crippen molar-refractivity contribution in [1.29, 1.82) is 0 Å². The smallest absolute Gasteiger partial charge is 0.378 e. The Labute approximate surface area is 89.8 Å². The zero-order chi connectivity index (χ0) is 11.8. The molecule has 1 heterocycles. The van der Waals surface area contributed by atoms with Gasteiger partial charge in [-0.2, -0.15) is 13.2 Å². The minimum Gasteiger partial charge on any atom is -0.378 e. The predicted molar refractivity (Wildman–Crippen MR) is 52.4 cm³/mol. The number of rotatable bonds is 1. The van der Waals surface area contributed by atoms with Crippen molar-refractivity contribution in [2.24, 2.45) is 0 Å². The maximum atomic E-state index is 12.7. The van der Waals surface area contributed by atoms with Crippen molar-refractivity contribution >= 4 is 12.4 Å². The van der Waals surface area contributed by atoms with Gasteiger partial charge in [-0.25, -0.2) is 0 Å². The standard InChI is InChI=1S/C11H8F3NO/c12-11(13,14)9-3-1-2-8-7(9)4-5-15-10(8)6-16/h1-6,10,15H. The molecular formula is C11H8F3NO. The lowest BCUT2D eigenvalue weighted by Crippen LogP contribution is -2.22. The molecule has 0 amide bonds. The van der Waals surface area contributed by atoms with Crippen molar-refractivity contribution in [1.82, 2.24) is 5.32 Å². The van der Waals surface area contributed by atoms with Gasteiger partial charge in [0.05, 0.1) is 5.56 Å². The van der Waals surface area contributed by atoms with Crippen LogP contribution in [0.15, 0.2) is 24.4 Å². The van der Waals surface area contributed by atoms with Crippen LogP contribution in [0.3, 0.4) is 0 Å². The summed E-state index contributed by atoms with van der Waals surface area (Å²) in [5, 5.41) is 2.69. The lowest BCUT2D eigenvalue weighted by atomic mass is 9.94. The van der Waals surface area contributed by atoms with Crippen LogP contribution in [0.1, 0.15) is 22.7 Å². The Bertz CT molecular complexity index is 451. The van der Waals surface area contributed by atoms with E-state index in [9.17, 15) is 18.0 Å². The molecular weight excluding hydrogens is 219 g/mol. The molecule has 2 rings (SSSR count). The molecule has 2 nitrogen and oxygen atoms in total. The maximum Gasteiger partial charge on any atom is 0.416 e. The Kier molecular flexibility index (Phi) is 2.46. The van der Waals surface area contributed by atoms with Crippen LogP contribution in [0.2, 0.25) is 0 Å². The van der Waals surface area contributed by atoms with Crippen LogP contribution >= 0.6 is 0 Å². The molecule has 1 atom stereocenters. The molecule has 0 saturated heterocycles. The van der Waals surface area contributed by atoms with Gasteiger partial charge < -0.3 is 10.1 Å². The van der Waals surface area contributed by atoms with Gasteiger partial charge in [-0.1, -0.05) is 12.1 Å². The maximum absolute atomic E-state index is 12.7. The molecule has 1 aromatic rings. The van der Waals surface area contributed by atoms with E-state index in [-0.39, 0.29) is 5.56 Å². The minimum absolute atomic E-state index is 0.0610. The van der Waals surface area contributed by atoms with Gasteiger partial charge in [0.15, 0.2) is 0 Å². The fourth-order valence-electron chi connectivity index (χ4n) is 1.72. The summed E-state index contributed by atoms with van der Waals surface area (Å²) in [5.41, 5.74) is -0.298. The largest absolute Gasteiger partial charge is 0.416 e. The third-order valence-corrected chi connectivity index (χ3v) is 2.44. The lowest BCUT2D eigenvalue weighted by Gasteiger charge is -2.21. The van der Waals surface area contributed by atoms with Crippen LogP contribution in [0.4, 0.5) is 13.2 Å². The van der Waals surface area contributed by atoms with Gasteiger partial charge in [0, 0.05) is 0 Å². The number of hydrogen-bond acceptors (Lipinski definition) is 2. The summed E-state index contributed by atoms with van der Waals surface area (Å²) in [6, 6.07) is 3.12. The highest BCUT2D eigenvalue weighted by Crippen LogP contribution is 2.36. The van der Waals surface area contributed by atoms with Crippen molar-refractivity contribution in [2.75, 3.05) is 0 Å². The van der Waals surface area contributed by atoms with E-state index in [2.05, 4.69) is 5.32 Å². The Morgan fingerprint density at radius 3 is 2.69 bits per heavy atom. The molecule has 5 heteroatoms. The zero-order valence-electron chi connectivity index (χ0n) is 8.08. The highest BCUT2D eigenvalue weighted by molar-refractivity contribution is 5.71. The van der Waals surface area contributed by atoms with Gasteiger partial charge in [0.2, 0.25) is 0 Å². The normalized spacial score (nSPS) is 18.8. The van der Waals surface area contributed by atoms with Crippen LogP contribution in [0.5, 0.6) is 0 Å². The van der Waals surface area contributed by atoms with E-state index >= 15 is 0 Å². The summed E-state index contributed by atoms with van der Waals surface area (Å²) in [5.74, 6) is 0. The molecule has 0 bridgehead atoms. The number of aldehydes is 1. The van der Waals surface area contributed by atoms with Gasteiger partial charge in [-0.05, 0) is 29.5 Å². The van der Waals surface area contributed by atoms with E-state index in [4.69, 9.17) is 0 Å². The third-order valence-electron chi connectivity index (χ3n) is 2.44. The summed E-state index contributed by atoms with van der Waals surface area (Å²) < 4.78 is 38.0. The van der Waals surface area contributed by atoms with E-state index in [0.29, 0.717) is 11.8 Å². The van der Waals surface area contributed by atoms with E-state index in [1.54, 1.807) is 0 Å². The molecule has 1 unspecified atom stereocenters. The molecule has 1 aliphatic rings. The first-order valence-corrected chi connectivity index (χ1v) is 4.62. The Balaban J connectivity index is 2.61. The second-order valence-corrected chi connectivity index (χ2v) is 3.42. The van der Waals surface area contributed by atoms with Crippen molar-refractivity contribution in [3.05, 3.63) is 41.1 Å². The first-order valence-electron chi connectivity index (χ1n) is 4.62. The topological polar surface area (TPSA) is 29.1 Å². The van der Waals surface area contributed by atoms with Crippen LogP contribution in [-0.4, -0.2) is 6.29 Å². The van der Waals surface area contributed by atoms with Crippen LogP contribution in [-0.2, 0) is 11.0 Å². The molecule has 84 valence electrons. The van der Waals surface area contributed by atoms with E-state index < -0.39 is 17.8 Å². The molecule has 1 N–H and O–H groups in total. The second kappa shape index (κ2) is 3.66. The molecule has 0 radical (unpaired) electrons. The van der Waals surface area contributed by atoms with Gasteiger partial charge in [0.25, 0.3) is 0 Å². The number of alkyl halides is 3. The highest BCUT2D eigenvalue weighted by atomic mass is 19.4. The summed E-state index contributed by atoms with van der Waals surface area (Å²) in [4.78, 5) is 10.7. The predicted octanol–water partition coefficient (Wildman–Crippen LogP) is 2.52. The van der Waals surface area contributed by atoms with Crippen molar-refractivity contribution < 1.29 is 18.0 Å². The molecule has 0 aliphatic carbocycles. The monoisotopic (exact) mass is 227 g/mol. The van der Waals surface area contributed by atoms with Crippen molar-refractivity contribution in [3.8, 4) is 0 Å². The molecule has 16 heavy (non-hydrogen) atoms. The molecule has 1 aromatic carbocycles. The summed E-state index contributed by atoms with van der Waals surface area (Å²) >= 11 is 0. The zero-order valence-corrected chi connectivity index (χ0v) is 8.08. The van der Waals surface area contributed by atoms with Crippen LogP contribution in [0.25, 0.3) is 6.08 Å². The fourth-order valence-corrected chi connectivity index (χ4v) is 1.72. The third kappa shape index (κ3) is 1.68. The van der Waals surface area contributed by atoms with Gasteiger partial charge in [0.1, 0.15) is 12.3 Å². The molecule has 0 fully saturated rings. The van der Waals surface area contributed by atoms with E-state index in [1.165, 1.54) is 24.4 Å². The van der Waals surface area contributed by atoms with Gasteiger partial charge in [-0.15, -0.1) is 0 Å². The van der Waals surface area contributed by atoms with Gasteiger partial charge in [-0.3, -0.25) is 0 Å². The fraction of sp³-hybridized carbons (Fsp3) is 0.182. The first kappa shape index (κ1) is 10.7. The lowest BCUT2D eigenvalue weighted by molar-refractivity contribution is -0.137. The summed E-state index contributed by atoms with van der Waals surface area (Å²) in [6.45, 7) is 0. The highest BCUT2D eigenvalue weighted by Gasteiger charge is 2.34. The number of carbonyl (C=O) groups is 1. The SMILES string of the molecule is O=CC1NC=Cc2c1cccc2C(F)(F)F.